The average Bonchev–Trinajstić information content (AvgIpc) is 3.97. The summed E-state index contributed by atoms with van der Waals surface area (Å²) >= 11 is 0. The van der Waals surface area contributed by atoms with Gasteiger partial charge < -0.3 is 9.80 Å². The van der Waals surface area contributed by atoms with Crippen LogP contribution in [0.15, 0.2) is 218 Å². The SMILES string of the molecule is [2H]c1c([2H])c([2H])c(-c2cccc(-c3c([2H])c([2H])c([2H])c([2H])c3[2H])c2N2CN(c3cccc(C(C)(C)c4ccc5c6ccccc6n(-c6cc(C(C)(C)c7ccccc7)ccn6)c5c4)c3)c3ccccc32)c([2H])c1[2H]. The van der Waals surface area contributed by atoms with Crippen LogP contribution in [0.3, 0.4) is 0 Å². The topological polar surface area (TPSA) is 24.3 Å². The van der Waals surface area contributed by atoms with Gasteiger partial charge in [0.1, 0.15) is 12.5 Å². The fourth-order valence-corrected chi connectivity index (χ4v) is 9.42. The van der Waals surface area contributed by atoms with Gasteiger partial charge in [0.25, 0.3) is 0 Å². The molecule has 8 aromatic carbocycles. The maximum Gasteiger partial charge on any atom is 0.137 e. The number of para-hydroxylation sites is 4. The van der Waals surface area contributed by atoms with Crippen molar-refractivity contribution in [2.24, 2.45) is 0 Å². The third kappa shape index (κ3) is 6.57. The van der Waals surface area contributed by atoms with Gasteiger partial charge >= 0.3 is 0 Å². The maximum absolute atomic E-state index is 9.09. The van der Waals surface area contributed by atoms with Crippen LogP contribution in [0.25, 0.3) is 49.9 Å². The Balaban J connectivity index is 1.04. The standard InChI is InChI=1S/C60H50N4/c1-59(2,44-24-12-7-13-25-44)47-36-37-61-57(40-47)64-53-31-15-14-28-51(53)52-35-34-46(39-56(52)64)60(3,4)45-26-18-27-48(38-45)62-41-63(55-33-17-16-32-54(55)62)58-49(42-20-8-5-9-21-42)29-19-30-50(58)43-22-10-6-11-23-43/h5-40H,41H2,1-4H3/i5D,6D,8D,9D,10D,11D,20D,21D,22D,23D. The second kappa shape index (κ2) is 15.6. The minimum absolute atomic E-state index is 0.0737. The molecule has 0 radical (unpaired) electrons. The van der Waals surface area contributed by atoms with Gasteiger partial charge in [-0.05, 0) is 81.9 Å². The monoisotopic (exact) mass is 836 g/mol. The third-order valence-electron chi connectivity index (χ3n) is 13.1. The largest absolute Gasteiger partial charge is 0.321 e. The summed E-state index contributed by atoms with van der Waals surface area (Å²) in [6.45, 7) is 9.07. The van der Waals surface area contributed by atoms with E-state index in [4.69, 9.17) is 18.7 Å². The van der Waals surface area contributed by atoms with Crippen molar-refractivity contribution in [1.29, 1.82) is 0 Å². The Hall–Kier alpha value is -7.69. The lowest BCUT2D eigenvalue weighted by Gasteiger charge is -2.29. The van der Waals surface area contributed by atoms with E-state index in [1.807, 2.05) is 53.6 Å². The first-order chi connectivity index (χ1) is 35.4. The van der Waals surface area contributed by atoms with E-state index >= 15 is 0 Å². The van der Waals surface area contributed by atoms with Crippen molar-refractivity contribution >= 4 is 44.6 Å². The highest BCUT2D eigenvalue weighted by Crippen LogP contribution is 2.50. The molecule has 0 spiro atoms. The molecule has 1 aliphatic heterocycles. The van der Waals surface area contributed by atoms with Crippen LogP contribution in [-0.4, -0.2) is 16.2 Å². The van der Waals surface area contributed by atoms with Crippen LogP contribution in [0.4, 0.5) is 22.7 Å². The predicted molar refractivity (Wildman–Crippen MR) is 269 cm³/mol. The van der Waals surface area contributed by atoms with E-state index in [1.165, 1.54) is 5.56 Å². The lowest BCUT2D eigenvalue weighted by atomic mass is 9.77. The van der Waals surface area contributed by atoms with Gasteiger partial charge in [0.15, 0.2) is 0 Å². The zero-order valence-electron chi connectivity index (χ0n) is 46.0. The second-order valence-corrected chi connectivity index (χ2v) is 17.3. The number of hydrogen-bond donors (Lipinski definition) is 0. The molecule has 310 valence electrons. The van der Waals surface area contributed by atoms with Crippen molar-refractivity contribution in [3.05, 3.63) is 241 Å². The number of rotatable bonds is 9. The first kappa shape index (κ1) is 29.6. The second-order valence-electron chi connectivity index (χ2n) is 17.3. The molecule has 1 aliphatic rings. The van der Waals surface area contributed by atoms with Crippen molar-refractivity contribution in [1.82, 2.24) is 9.55 Å². The molecule has 11 rings (SSSR count). The Morgan fingerprint density at radius 1 is 0.469 bits per heavy atom. The Morgan fingerprint density at radius 3 is 1.75 bits per heavy atom. The molecule has 4 nitrogen and oxygen atoms in total. The van der Waals surface area contributed by atoms with Crippen LogP contribution in [0, 0.1) is 0 Å². The van der Waals surface area contributed by atoms with Crippen molar-refractivity contribution in [3.63, 3.8) is 0 Å². The summed E-state index contributed by atoms with van der Waals surface area (Å²) in [4.78, 5) is 9.07. The molecule has 64 heavy (non-hydrogen) atoms. The molecule has 0 N–H and O–H groups in total. The molecule has 0 unspecified atom stereocenters. The van der Waals surface area contributed by atoms with Crippen LogP contribution in [0.2, 0.25) is 0 Å². The molecule has 0 fully saturated rings. The van der Waals surface area contributed by atoms with Crippen LogP contribution < -0.4 is 9.80 Å². The molecule has 0 bridgehead atoms. The smallest absolute Gasteiger partial charge is 0.137 e. The van der Waals surface area contributed by atoms with Crippen molar-refractivity contribution in [2.45, 2.75) is 38.5 Å². The van der Waals surface area contributed by atoms with Gasteiger partial charge in [0.05, 0.1) is 41.8 Å². The number of hydrogen-bond acceptors (Lipinski definition) is 3. The van der Waals surface area contributed by atoms with E-state index in [0.29, 0.717) is 11.4 Å². The summed E-state index contributed by atoms with van der Waals surface area (Å²) in [6, 6.07) is 46.2. The van der Waals surface area contributed by atoms with E-state index in [9.17, 15) is 0 Å². The van der Waals surface area contributed by atoms with E-state index < -0.39 is 65.8 Å². The summed E-state index contributed by atoms with van der Waals surface area (Å²) < 4.78 is 89.9. The maximum atomic E-state index is 9.09. The normalized spacial score (nSPS) is 15.1. The van der Waals surface area contributed by atoms with Gasteiger partial charge in [-0.1, -0.05) is 191 Å². The summed E-state index contributed by atoms with van der Waals surface area (Å²) in [5, 5.41) is 2.24. The number of benzene rings is 8. The fraction of sp³-hybridized carbons (Fsp3) is 0.117. The summed E-state index contributed by atoms with van der Waals surface area (Å²) in [7, 11) is 0. The molecule has 0 saturated carbocycles. The zero-order valence-corrected chi connectivity index (χ0v) is 36.0. The number of nitrogens with zero attached hydrogens (tertiary/aromatic N) is 4. The van der Waals surface area contributed by atoms with Crippen LogP contribution in [-0.2, 0) is 10.8 Å². The lowest BCUT2D eigenvalue weighted by Crippen LogP contribution is -2.25. The van der Waals surface area contributed by atoms with Crippen molar-refractivity contribution < 1.29 is 13.7 Å². The van der Waals surface area contributed by atoms with Crippen molar-refractivity contribution in [2.75, 3.05) is 16.5 Å². The molecular weight excluding hydrogens is 777 g/mol. The Labute approximate surface area is 390 Å². The van der Waals surface area contributed by atoms with Gasteiger partial charge in [-0.3, -0.25) is 4.57 Å². The molecule has 0 saturated heterocycles. The molecule has 10 aromatic rings. The molecule has 0 amide bonds. The summed E-state index contributed by atoms with van der Waals surface area (Å²) in [5.41, 5.74) is 8.80. The number of anilines is 4. The molecule has 4 heteroatoms. The minimum Gasteiger partial charge on any atom is -0.321 e. The third-order valence-corrected chi connectivity index (χ3v) is 13.1. The van der Waals surface area contributed by atoms with Gasteiger partial charge in [0, 0.05) is 44.6 Å². The minimum atomic E-state index is -0.541. The van der Waals surface area contributed by atoms with Gasteiger partial charge in [-0.15, -0.1) is 0 Å². The van der Waals surface area contributed by atoms with Crippen molar-refractivity contribution in [3.8, 4) is 28.1 Å². The Kier molecular flexibility index (Phi) is 7.20. The molecule has 0 atom stereocenters. The average molecular weight is 837 g/mol. The number of fused-ring (bicyclic) bond motifs is 4. The number of aromatic nitrogens is 2. The van der Waals surface area contributed by atoms with Crippen LogP contribution in [0.1, 0.15) is 63.7 Å². The van der Waals surface area contributed by atoms with E-state index in [1.54, 1.807) is 18.2 Å². The zero-order chi connectivity index (χ0) is 52.1. The fourth-order valence-electron chi connectivity index (χ4n) is 9.42. The lowest BCUT2D eigenvalue weighted by molar-refractivity contribution is 0.638. The first-order valence-electron chi connectivity index (χ1n) is 26.5. The highest BCUT2D eigenvalue weighted by molar-refractivity contribution is 6.09. The molecule has 0 aliphatic carbocycles. The van der Waals surface area contributed by atoms with E-state index in [-0.39, 0.29) is 34.3 Å². The highest BCUT2D eigenvalue weighted by atomic mass is 15.4. The summed E-state index contributed by atoms with van der Waals surface area (Å²) in [5.74, 6) is 0.829. The summed E-state index contributed by atoms with van der Waals surface area (Å²) in [6.07, 6.45) is 1.90. The van der Waals surface area contributed by atoms with Crippen LogP contribution >= 0.6 is 0 Å². The van der Waals surface area contributed by atoms with E-state index in [2.05, 4.69) is 128 Å². The quantitative estimate of drug-likeness (QED) is 0.145. The van der Waals surface area contributed by atoms with Gasteiger partial charge in [-0.2, -0.15) is 0 Å². The molecular formula is C60H50N4. The van der Waals surface area contributed by atoms with Crippen LogP contribution in [0.5, 0.6) is 0 Å². The van der Waals surface area contributed by atoms with Gasteiger partial charge in [0.2, 0.25) is 0 Å². The van der Waals surface area contributed by atoms with E-state index in [0.717, 1.165) is 55.7 Å². The Morgan fingerprint density at radius 2 is 1.03 bits per heavy atom. The number of pyridine rings is 1. The Bertz CT molecular complexity index is 3780. The predicted octanol–water partition coefficient (Wildman–Crippen LogP) is 15.4. The van der Waals surface area contributed by atoms with Gasteiger partial charge in [-0.25, -0.2) is 4.98 Å². The highest BCUT2D eigenvalue weighted by Gasteiger charge is 2.33. The molecule has 3 heterocycles. The first-order valence-corrected chi connectivity index (χ1v) is 21.5. The molecule has 2 aromatic heterocycles.